The van der Waals surface area contributed by atoms with Crippen LogP contribution in [0.1, 0.15) is 49.9 Å². The van der Waals surface area contributed by atoms with Crippen molar-refractivity contribution in [3.63, 3.8) is 0 Å². The molecular weight excluding hydrogens is 316 g/mol. The van der Waals surface area contributed by atoms with E-state index in [1.54, 1.807) is 13.0 Å². The summed E-state index contributed by atoms with van der Waals surface area (Å²) in [5.41, 5.74) is 0.638. The third-order valence-electron chi connectivity index (χ3n) is 4.17. The van der Waals surface area contributed by atoms with E-state index in [1.807, 2.05) is 11.8 Å². The summed E-state index contributed by atoms with van der Waals surface area (Å²) in [4.78, 5) is 13.6. The fraction of sp³-hybridized carbons (Fsp3) is 0.562. The maximum absolute atomic E-state index is 12.3. The van der Waals surface area contributed by atoms with E-state index in [-0.39, 0.29) is 16.5 Å². The number of hydrogen-bond donors (Lipinski definition) is 2. The molecule has 6 nitrogen and oxygen atoms in total. The Morgan fingerprint density at radius 3 is 2.52 bits per heavy atom. The largest absolute Gasteiger partial charge is 0.478 e. The van der Waals surface area contributed by atoms with Crippen molar-refractivity contribution in [3.05, 3.63) is 23.8 Å². The molecule has 0 radical (unpaired) electrons. The van der Waals surface area contributed by atoms with Gasteiger partial charge in [0.1, 0.15) is 0 Å². The highest BCUT2D eigenvalue weighted by Crippen LogP contribution is 2.27. The van der Waals surface area contributed by atoms with Crippen LogP contribution < -0.4 is 9.62 Å². The van der Waals surface area contributed by atoms with E-state index in [9.17, 15) is 18.3 Å². The summed E-state index contributed by atoms with van der Waals surface area (Å²) in [7, 11) is -3.71. The van der Waals surface area contributed by atoms with Crippen molar-refractivity contribution < 1.29 is 18.3 Å². The minimum Gasteiger partial charge on any atom is -0.478 e. The van der Waals surface area contributed by atoms with Crippen molar-refractivity contribution in [2.45, 2.75) is 50.5 Å². The van der Waals surface area contributed by atoms with Crippen molar-refractivity contribution in [1.82, 2.24) is 4.72 Å². The molecule has 1 fully saturated rings. The van der Waals surface area contributed by atoms with Gasteiger partial charge in [0.2, 0.25) is 10.0 Å². The molecule has 1 atom stereocenters. The van der Waals surface area contributed by atoms with Gasteiger partial charge in [0.25, 0.3) is 0 Å². The van der Waals surface area contributed by atoms with E-state index in [1.165, 1.54) is 12.1 Å². The molecule has 0 amide bonds. The van der Waals surface area contributed by atoms with Gasteiger partial charge in [-0.3, -0.25) is 0 Å². The van der Waals surface area contributed by atoms with Gasteiger partial charge in [0.05, 0.1) is 16.1 Å². The fourth-order valence-electron chi connectivity index (χ4n) is 2.68. The van der Waals surface area contributed by atoms with E-state index in [0.29, 0.717) is 12.1 Å². The first-order valence-corrected chi connectivity index (χ1v) is 9.48. The summed E-state index contributed by atoms with van der Waals surface area (Å²) < 4.78 is 27.2. The van der Waals surface area contributed by atoms with Gasteiger partial charge in [-0.1, -0.05) is 6.92 Å². The number of rotatable bonds is 6. The molecule has 1 heterocycles. The molecule has 1 aromatic rings. The van der Waals surface area contributed by atoms with Crippen LogP contribution in [0.25, 0.3) is 0 Å². The molecule has 0 aliphatic carbocycles. The van der Waals surface area contributed by atoms with Crippen LogP contribution >= 0.6 is 0 Å². The second-order valence-electron chi connectivity index (χ2n) is 5.96. The normalized spacial score (nSPS) is 17.0. The summed E-state index contributed by atoms with van der Waals surface area (Å²) in [6, 6.07) is 4.16. The predicted molar refractivity (Wildman–Crippen MR) is 89.5 cm³/mol. The lowest BCUT2D eigenvalue weighted by Gasteiger charge is -2.30. The summed E-state index contributed by atoms with van der Waals surface area (Å²) in [6.45, 7) is 5.27. The number of carbonyl (C=O) groups is 1. The van der Waals surface area contributed by atoms with Crippen LogP contribution in [0.4, 0.5) is 5.69 Å². The molecule has 1 aliphatic rings. The summed E-state index contributed by atoms with van der Waals surface area (Å²) in [5, 5.41) is 9.47. The molecule has 1 aromatic carbocycles. The van der Waals surface area contributed by atoms with Gasteiger partial charge >= 0.3 is 5.97 Å². The lowest BCUT2D eigenvalue weighted by atomic mass is 10.1. The summed E-state index contributed by atoms with van der Waals surface area (Å²) in [5.74, 6) is -1.11. The smallest absolute Gasteiger partial charge is 0.337 e. The number of aromatic carboxylic acids is 1. The lowest BCUT2D eigenvalue weighted by molar-refractivity contribution is 0.0697. The van der Waals surface area contributed by atoms with Crippen LogP contribution in [-0.2, 0) is 10.0 Å². The molecule has 128 valence electrons. The molecule has 1 aliphatic heterocycles. The van der Waals surface area contributed by atoms with E-state index >= 15 is 0 Å². The zero-order valence-corrected chi connectivity index (χ0v) is 14.4. The zero-order valence-electron chi connectivity index (χ0n) is 13.6. The topological polar surface area (TPSA) is 86.7 Å². The molecule has 0 spiro atoms. The Balaban J connectivity index is 2.37. The number of sulfonamides is 1. The average molecular weight is 340 g/mol. The van der Waals surface area contributed by atoms with Gasteiger partial charge in [-0.25, -0.2) is 17.9 Å². The average Bonchev–Trinajstić information content (AvgIpc) is 2.54. The number of benzene rings is 1. The third kappa shape index (κ3) is 4.23. The Kier molecular flexibility index (Phi) is 5.64. The molecule has 7 heteroatoms. The molecule has 23 heavy (non-hydrogen) atoms. The first-order chi connectivity index (χ1) is 10.8. The van der Waals surface area contributed by atoms with Gasteiger partial charge in [0, 0.05) is 19.1 Å². The Morgan fingerprint density at radius 1 is 1.30 bits per heavy atom. The Hall–Kier alpha value is -1.60. The van der Waals surface area contributed by atoms with Gasteiger partial charge in [-0.05, 0) is 50.8 Å². The predicted octanol–water partition coefficient (Wildman–Crippen LogP) is 2.45. The van der Waals surface area contributed by atoms with Gasteiger partial charge in [-0.2, -0.15) is 0 Å². The monoisotopic (exact) mass is 340 g/mol. The maximum Gasteiger partial charge on any atom is 0.337 e. The first-order valence-electron chi connectivity index (χ1n) is 7.99. The molecule has 1 saturated heterocycles. The molecular formula is C16H24N2O4S. The van der Waals surface area contributed by atoms with Crippen molar-refractivity contribution in [2.24, 2.45) is 0 Å². The highest BCUT2D eigenvalue weighted by Gasteiger charge is 2.23. The van der Waals surface area contributed by atoms with Crippen LogP contribution in [-0.4, -0.2) is 38.6 Å². The quantitative estimate of drug-likeness (QED) is 0.831. The lowest BCUT2D eigenvalue weighted by Crippen LogP contribution is -2.33. The van der Waals surface area contributed by atoms with Crippen molar-refractivity contribution in [1.29, 1.82) is 0 Å². The zero-order chi connectivity index (χ0) is 17.0. The molecule has 0 bridgehead atoms. The Morgan fingerprint density at radius 2 is 1.96 bits per heavy atom. The Bertz CT molecular complexity index is 667. The standard InChI is InChI=1S/C16H24N2O4S/c1-3-12(2)17-23(21,22)13-7-8-15(14(11-13)16(19)20)18-9-5-4-6-10-18/h7-8,11-12,17H,3-6,9-10H2,1-2H3,(H,19,20). The van der Waals surface area contributed by atoms with E-state index < -0.39 is 16.0 Å². The van der Waals surface area contributed by atoms with Crippen molar-refractivity contribution in [3.8, 4) is 0 Å². The van der Waals surface area contributed by atoms with E-state index in [4.69, 9.17) is 0 Å². The highest BCUT2D eigenvalue weighted by molar-refractivity contribution is 7.89. The second kappa shape index (κ2) is 7.31. The minimum atomic E-state index is -3.71. The maximum atomic E-state index is 12.3. The first kappa shape index (κ1) is 17.7. The number of nitrogens with one attached hydrogen (secondary N) is 1. The van der Waals surface area contributed by atoms with Crippen LogP contribution in [0.15, 0.2) is 23.1 Å². The molecule has 2 N–H and O–H groups in total. The fourth-order valence-corrected chi connectivity index (χ4v) is 4.03. The highest BCUT2D eigenvalue weighted by atomic mass is 32.2. The van der Waals surface area contributed by atoms with Crippen LogP contribution in [0.3, 0.4) is 0 Å². The molecule has 0 saturated carbocycles. The number of nitrogens with zero attached hydrogens (tertiary/aromatic N) is 1. The Labute approximate surface area is 137 Å². The molecule has 1 unspecified atom stereocenters. The van der Waals surface area contributed by atoms with Crippen molar-refractivity contribution >= 4 is 21.7 Å². The van der Waals surface area contributed by atoms with Crippen LogP contribution in [0, 0.1) is 0 Å². The van der Waals surface area contributed by atoms with Crippen molar-refractivity contribution in [2.75, 3.05) is 18.0 Å². The molecule has 2 rings (SSSR count). The summed E-state index contributed by atoms with van der Waals surface area (Å²) in [6.07, 6.45) is 3.85. The number of hydrogen-bond acceptors (Lipinski definition) is 4. The number of carboxylic acids is 1. The number of carboxylic acid groups (broad SMARTS) is 1. The second-order valence-corrected chi connectivity index (χ2v) is 7.68. The van der Waals surface area contributed by atoms with Crippen LogP contribution in [0.2, 0.25) is 0 Å². The third-order valence-corrected chi connectivity index (χ3v) is 5.76. The van der Waals surface area contributed by atoms with E-state index in [2.05, 4.69) is 4.72 Å². The molecule has 0 aromatic heterocycles. The van der Waals surface area contributed by atoms with Gasteiger partial charge in [-0.15, -0.1) is 0 Å². The SMILES string of the molecule is CCC(C)NS(=O)(=O)c1ccc(N2CCCCC2)c(C(=O)O)c1. The van der Waals surface area contributed by atoms with Gasteiger partial charge in [0.15, 0.2) is 0 Å². The number of piperidine rings is 1. The number of anilines is 1. The van der Waals surface area contributed by atoms with Gasteiger partial charge < -0.3 is 10.0 Å². The minimum absolute atomic E-state index is 0.00374. The van der Waals surface area contributed by atoms with E-state index in [0.717, 1.165) is 32.4 Å². The summed E-state index contributed by atoms with van der Waals surface area (Å²) >= 11 is 0. The van der Waals surface area contributed by atoms with Crippen LogP contribution in [0.5, 0.6) is 0 Å².